The molecule has 2 rings (SSSR count). The molecular weight excluding hydrogens is 403 g/mol. The maximum atomic E-state index is 11.2. The van der Waals surface area contributed by atoms with Gasteiger partial charge >= 0.3 is 7.60 Å². The molecule has 0 aromatic heterocycles. The molecule has 26 heavy (non-hydrogen) atoms. The Kier molecular flexibility index (Phi) is 6.85. The molecule has 10 heteroatoms. The summed E-state index contributed by atoms with van der Waals surface area (Å²) < 4.78 is 48.2. The summed E-state index contributed by atoms with van der Waals surface area (Å²) in [4.78, 5) is 16.1. The Morgan fingerprint density at radius 2 is 1.73 bits per heavy atom. The maximum absolute atomic E-state index is 11.2. The number of hydrogen-bond donors (Lipinski definition) is 3. The number of ether oxygens (including phenoxy) is 1. The fourth-order valence-corrected chi connectivity index (χ4v) is 4.87. The van der Waals surface area contributed by atoms with E-state index < -0.39 is 22.7 Å². The Labute approximate surface area is 156 Å². The van der Waals surface area contributed by atoms with Gasteiger partial charge in [0.05, 0.1) is 0 Å². The molecule has 0 heterocycles. The molecule has 1 unspecified atom stereocenters. The van der Waals surface area contributed by atoms with Crippen molar-refractivity contribution in [2.75, 3.05) is 0 Å². The van der Waals surface area contributed by atoms with E-state index in [2.05, 4.69) is 0 Å². The van der Waals surface area contributed by atoms with Gasteiger partial charge < -0.3 is 14.5 Å². The van der Waals surface area contributed by atoms with E-state index in [-0.39, 0.29) is 12.8 Å². The van der Waals surface area contributed by atoms with Gasteiger partial charge in [0.1, 0.15) is 11.5 Å². The minimum absolute atomic E-state index is 0.167. The van der Waals surface area contributed by atoms with Crippen LogP contribution in [0.4, 0.5) is 0 Å². The van der Waals surface area contributed by atoms with Crippen LogP contribution in [0.3, 0.4) is 0 Å². The van der Waals surface area contributed by atoms with Crippen molar-refractivity contribution in [3.05, 3.63) is 59.1 Å². The van der Waals surface area contributed by atoms with Gasteiger partial charge in [0.2, 0.25) is 0 Å². The van der Waals surface area contributed by atoms with Crippen molar-refractivity contribution in [1.29, 1.82) is 0 Å². The molecule has 3 N–H and O–H groups in total. The number of hydrogen-bond acceptors (Lipinski definition) is 4. The second kappa shape index (κ2) is 8.52. The molecule has 0 amide bonds. The van der Waals surface area contributed by atoms with Crippen LogP contribution in [0.2, 0.25) is 5.02 Å². The van der Waals surface area contributed by atoms with Gasteiger partial charge in [0.25, 0.3) is 10.1 Å². The third-order valence-corrected chi connectivity index (χ3v) is 7.39. The minimum atomic E-state index is -4.95. The van der Waals surface area contributed by atoms with Crippen LogP contribution in [-0.2, 0) is 21.1 Å². The molecule has 1 atom stereocenters. The first-order chi connectivity index (χ1) is 12.1. The SMILES string of the molecule is O=P(O)(O)C(CCCc1cccc(Oc2ccc(Cl)cc2)c1)S(=O)(=O)O. The van der Waals surface area contributed by atoms with Crippen molar-refractivity contribution in [2.24, 2.45) is 0 Å². The highest BCUT2D eigenvalue weighted by Gasteiger charge is 2.38. The van der Waals surface area contributed by atoms with Gasteiger partial charge in [-0.2, -0.15) is 8.42 Å². The normalized spacial score (nSPS) is 13.4. The van der Waals surface area contributed by atoms with Gasteiger partial charge in [-0.3, -0.25) is 9.12 Å². The van der Waals surface area contributed by atoms with E-state index in [1.54, 1.807) is 48.5 Å². The lowest BCUT2D eigenvalue weighted by Crippen LogP contribution is -2.20. The number of aryl methyl sites for hydroxylation is 1. The van der Waals surface area contributed by atoms with E-state index in [1.807, 2.05) is 0 Å². The lowest BCUT2D eigenvalue weighted by atomic mass is 10.1. The van der Waals surface area contributed by atoms with Crippen LogP contribution in [0.5, 0.6) is 11.5 Å². The summed E-state index contributed by atoms with van der Waals surface area (Å²) in [5.74, 6) is 1.16. The van der Waals surface area contributed by atoms with E-state index in [0.717, 1.165) is 5.56 Å². The Morgan fingerprint density at radius 1 is 1.08 bits per heavy atom. The van der Waals surface area contributed by atoms with Gasteiger partial charge in [-0.15, -0.1) is 0 Å². The predicted octanol–water partition coefficient (Wildman–Crippen LogP) is 3.85. The van der Waals surface area contributed by atoms with Crippen molar-refractivity contribution < 1.29 is 32.1 Å². The van der Waals surface area contributed by atoms with Crippen molar-refractivity contribution in [3.63, 3.8) is 0 Å². The molecule has 2 aromatic carbocycles. The zero-order chi connectivity index (χ0) is 19.4. The van der Waals surface area contributed by atoms with Crippen LogP contribution in [0, 0.1) is 0 Å². The molecule has 0 saturated carbocycles. The quantitative estimate of drug-likeness (QED) is 0.438. The lowest BCUT2D eigenvalue weighted by Gasteiger charge is -2.15. The van der Waals surface area contributed by atoms with Gasteiger partial charge in [-0.05, 0) is 61.2 Å². The molecule has 7 nitrogen and oxygen atoms in total. The summed E-state index contributed by atoms with van der Waals surface area (Å²) in [6.45, 7) is 0. The number of rotatable bonds is 8. The second-order valence-corrected chi connectivity index (χ2v) is 9.84. The largest absolute Gasteiger partial charge is 0.457 e. The Morgan fingerprint density at radius 3 is 2.31 bits per heavy atom. The first-order valence-electron chi connectivity index (χ1n) is 7.59. The first kappa shape index (κ1) is 20.9. The molecule has 2 aromatic rings. The van der Waals surface area contributed by atoms with Crippen LogP contribution in [0.1, 0.15) is 18.4 Å². The van der Waals surface area contributed by atoms with Crippen LogP contribution >= 0.6 is 19.2 Å². The van der Waals surface area contributed by atoms with E-state index in [9.17, 15) is 13.0 Å². The van der Waals surface area contributed by atoms with Crippen molar-refractivity contribution in [2.45, 2.75) is 24.3 Å². The third kappa shape index (κ3) is 6.39. The van der Waals surface area contributed by atoms with E-state index in [0.29, 0.717) is 22.9 Å². The van der Waals surface area contributed by atoms with Crippen LogP contribution < -0.4 is 4.74 Å². The van der Waals surface area contributed by atoms with Gasteiger partial charge in [-0.25, -0.2) is 0 Å². The average Bonchev–Trinajstić information content (AvgIpc) is 2.52. The summed E-state index contributed by atoms with van der Waals surface area (Å²) in [5, 5.41) is 0.588. The molecule has 0 spiro atoms. The molecular formula is C16H18ClO7PS. The fourth-order valence-electron chi connectivity index (χ4n) is 2.37. The van der Waals surface area contributed by atoms with Crippen LogP contribution in [-0.4, -0.2) is 27.7 Å². The number of halogens is 1. The summed E-state index contributed by atoms with van der Waals surface area (Å²) in [6.07, 6.45) is 0.176. The first-order valence-corrected chi connectivity index (χ1v) is 11.2. The van der Waals surface area contributed by atoms with E-state index in [4.69, 9.17) is 30.7 Å². The van der Waals surface area contributed by atoms with E-state index >= 15 is 0 Å². The van der Waals surface area contributed by atoms with Crippen molar-refractivity contribution in [3.8, 4) is 11.5 Å². The topological polar surface area (TPSA) is 121 Å². The number of benzene rings is 2. The zero-order valence-electron chi connectivity index (χ0n) is 13.5. The Hall–Kier alpha value is -1.41. The second-order valence-electron chi connectivity index (χ2n) is 5.65. The van der Waals surface area contributed by atoms with E-state index in [1.165, 1.54) is 0 Å². The molecule has 0 aliphatic rings. The molecule has 0 fully saturated rings. The standard InChI is InChI=1S/C16H18ClO7PS/c17-13-7-9-14(10-8-13)24-15-5-1-3-12(11-15)4-2-6-16(25(18,19)20)26(21,22)23/h1,3,5,7-11,16H,2,4,6H2,(H2,18,19,20)(H,21,22,23). The fraction of sp³-hybridized carbons (Fsp3) is 0.250. The summed E-state index contributed by atoms with van der Waals surface area (Å²) >= 11 is 5.81. The van der Waals surface area contributed by atoms with Crippen LogP contribution in [0.25, 0.3) is 0 Å². The molecule has 0 bridgehead atoms. The predicted molar refractivity (Wildman–Crippen MR) is 98.3 cm³/mol. The highest BCUT2D eigenvalue weighted by Crippen LogP contribution is 2.46. The Bertz CT molecular complexity index is 893. The van der Waals surface area contributed by atoms with Gasteiger partial charge in [-0.1, -0.05) is 23.7 Å². The van der Waals surface area contributed by atoms with Gasteiger partial charge in [0.15, 0.2) is 4.99 Å². The third-order valence-electron chi connectivity index (χ3n) is 3.58. The maximum Gasteiger partial charge on any atom is 0.346 e. The van der Waals surface area contributed by atoms with Crippen molar-refractivity contribution >= 4 is 29.3 Å². The molecule has 142 valence electrons. The summed E-state index contributed by atoms with van der Waals surface area (Å²) in [5.41, 5.74) is 0.802. The summed E-state index contributed by atoms with van der Waals surface area (Å²) in [6, 6.07) is 13.8. The molecule has 0 aliphatic heterocycles. The minimum Gasteiger partial charge on any atom is -0.457 e. The lowest BCUT2D eigenvalue weighted by molar-refractivity contribution is 0.360. The highest BCUT2D eigenvalue weighted by atomic mass is 35.5. The zero-order valence-corrected chi connectivity index (χ0v) is 16.0. The monoisotopic (exact) mass is 420 g/mol. The molecule has 0 aliphatic carbocycles. The molecule has 0 saturated heterocycles. The van der Waals surface area contributed by atoms with Crippen LogP contribution in [0.15, 0.2) is 48.5 Å². The molecule has 0 radical (unpaired) electrons. The smallest absolute Gasteiger partial charge is 0.346 e. The average molecular weight is 421 g/mol. The van der Waals surface area contributed by atoms with Crippen molar-refractivity contribution in [1.82, 2.24) is 0 Å². The highest BCUT2D eigenvalue weighted by molar-refractivity contribution is 7.93. The van der Waals surface area contributed by atoms with Gasteiger partial charge in [0, 0.05) is 5.02 Å². The Balaban J connectivity index is 2.00. The summed E-state index contributed by atoms with van der Waals surface area (Å²) in [7, 11) is -9.78.